The summed E-state index contributed by atoms with van der Waals surface area (Å²) >= 11 is 0. The Morgan fingerprint density at radius 3 is 2.64 bits per heavy atom. The van der Waals surface area contributed by atoms with Crippen molar-refractivity contribution in [2.24, 2.45) is 10.9 Å². The number of aromatic amines is 1. The number of nitrogens with one attached hydrogen (secondary N) is 2. The van der Waals surface area contributed by atoms with Crippen LogP contribution in [-0.4, -0.2) is 34.7 Å². The molecule has 1 aliphatic carbocycles. The van der Waals surface area contributed by atoms with Gasteiger partial charge in [0.15, 0.2) is 0 Å². The van der Waals surface area contributed by atoms with Crippen LogP contribution in [0.3, 0.4) is 0 Å². The number of H-pyrrole nitrogens is 1. The first-order valence-corrected chi connectivity index (χ1v) is 8.36. The van der Waals surface area contributed by atoms with Gasteiger partial charge < -0.3 is 10.3 Å². The molecule has 0 spiro atoms. The fourth-order valence-corrected chi connectivity index (χ4v) is 2.46. The summed E-state index contributed by atoms with van der Waals surface area (Å²) < 4.78 is 32.0. The second-order valence-electron chi connectivity index (χ2n) is 5.20. The topological polar surface area (TPSA) is 107 Å². The van der Waals surface area contributed by atoms with E-state index >= 15 is 0 Å². The lowest BCUT2D eigenvalue weighted by atomic mass is 10.2. The Bertz CT molecular complexity index is 763. The number of hydrogen-bond donors (Lipinski definition) is 3. The largest absolute Gasteiger partial charge is 0.358 e. The van der Waals surface area contributed by atoms with Crippen molar-refractivity contribution in [3.63, 3.8) is 0 Å². The Labute approximate surface area is 128 Å². The van der Waals surface area contributed by atoms with Gasteiger partial charge in [0.25, 0.3) is 0 Å². The van der Waals surface area contributed by atoms with Crippen LogP contribution in [0.1, 0.15) is 12.8 Å². The highest BCUT2D eigenvalue weighted by Crippen LogP contribution is 2.27. The van der Waals surface area contributed by atoms with Crippen LogP contribution in [0, 0.1) is 5.92 Å². The minimum atomic E-state index is -4.36. The number of rotatable bonds is 4. The normalized spacial score (nSPS) is 15.8. The molecule has 22 heavy (non-hydrogen) atoms. The van der Waals surface area contributed by atoms with Crippen LogP contribution in [0.15, 0.2) is 41.7 Å². The Hall–Kier alpha value is -2.19. The first kappa shape index (κ1) is 14.7. The third kappa shape index (κ3) is 3.71. The molecule has 2 aromatic rings. The maximum absolute atomic E-state index is 11.4. The van der Waals surface area contributed by atoms with E-state index in [1.54, 1.807) is 36.7 Å². The number of benzene rings is 1. The molecule has 8 heteroatoms. The molecule has 1 aromatic heterocycles. The summed E-state index contributed by atoms with van der Waals surface area (Å²) in [4.78, 5) is 11.1. The van der Waals surface area contributed by atoms with Gasteiger partial charge in [-0.1, -0.05) is 0 Å². The molecular weight excluding hydrogens is 304 g/mol. The summed E-state index contributed by atoms with van der Waals surface area (Å²) in [6.45, 7) is 0.503. The minimum absolute atomic E-state index is 0.412. The zero-order valence-electron chi connectivity index (χ0n) is 11.7. The van der Waals surface area contributed by atoms with Gasteiger partial charge in [-0.05, 0) is 43.0 Å². The zero-order chi connectivity index (χ0) is 15.6. The van der Waals surface area contributed by atoms with E-state index in [1.165, 1.54) is 0 Å². The number of aromatic nitrogens is 2. The van der Waals surface area contributed by atoms with Gasteiger partial charge in [-0.3, -0.25) is 4.55 Å². The standard InChI is InChI=1S/C14H16N4O3S/c19-22(20,21)14(17-9-10-1-2-10)18-12-5-3-11(4-6-12)13-15-7-8-16-13/h3-8,10H,1-2,9H2,(H,15,16)(H,17,18)(H,19,20,21). The average Bonchev–Trinajstić information content (AvgIpc) is 3.14. The molecule has 3 N–H and O–H groups in total. The molecule has 0 aliphatic heterocycles. The quantitative estimate of drug-likeness (QED) is 0.453. The Balaban J connectivity index is 1.80. The summed E-state index contributed by atoms with van der Waals surface area (Å²) in [5.74, 6) is 1.19. The van der Waals surface area contributed by atoms with Crippen molar-refractivity contribution in [2.45, 2.75) is 12.8 Å². The van der Waals surface area contributed by atoms with Crippen LogP contribution in [-0.2, 0) is 10.1 Å². The highest BCUT2D eigenvalue weighted by molar-refractivity contribution is 8.01. The van der Waals surface area contributed by atoms with Gasteiger partial charge in [-0.15, -0.1) is 0 Å². The van der Waals surface area contributed by atoms with E-state index in [-0.39, 0.29) is 0 Å². The van der Waals surface area contributed by atoms with Crippen molar-refractivity contribution in [1.82, 2.24) is 15.3 Å². The average molecular weight is 320 g/mol. The van der Waals surface area contributed by atoms with Crippen LogP contribution >= 0.6 is 0 Å². The molecule has 1 aromatic carbocycles. The van der Waals surface area contributed by atoms with Crippen LogP contribution in [0.4, 0.5) is 5.69 Å². The molecule has 0 saturated heterocycles. The SMILES string of the molecule is O=S(=O)(O)/C(=N/c1ccc(-c2ncc[nH]2)cc1)NCC1CC1. The Morgan fingerprint density at radius 2 is 2.09 bits per heavy atom. The molecule has 0 unspecified atom stereocenters. The lowest BCUT2D eigenvalue weighted by molar-refractivity contribution is 0.496. The fourth-order valence-electron chi connectivity index (χ4n) is 1.98. The molecule has 1 heterocycles. The molecule has 0 amide bonds. The maximum atomic E-state index is 11.4. The Morgan fingerprint density at radius 1 is 1.36 bits per heavy atom. The molecule has 1 fully saturated rings. The molecule has 0 bridgehead atoms. The summed E-state index contributed by atoms with van der Waals surface area (Å²) in [6, 6.07) is 6.89. The van der Waals surface area contributed by atoms with Gasteiger partial charge in [0.2, 0.25) is 5.17 Å². The van der Waals surface area contributed by atoms with Gasteiger partial charge in [0.1, 0.15) is 5.82 Å². The summed E-state index contributed by atoms with van der Waals surface area (Å²) in [5.41, 5.74) is 1.30. The highest BCUT2D eigenvalue weighted by Gasteiger charge is 2.24. The van der Waals surface area contributed by atoms with Crippen molar-refractivity contribution in [3.05, 3.63) is 36.7 Å². The lowest BCUT2D eigenvalue weighted by Crippen LogP contribution is -2.32. The van der Waals surface area contributed by atoms with Gasteiger partial charge in [0.05, 0.1) is 5.69 Å². The number of hydrogen-bond acceptors (Lipinski definition) is 4. The van der Waals surface area contributed by atoms with Crippen molar-refractivity contribution >= 4 is 21.0 Å². The van der Waals surface area contributed by atoms with Crippen molar-refractivity contribution in [2.75, 3.05) is 6.54 Å². The maximum Gasteiger partial charge on any atom is 0.328 e. The van der Waals surface area contributed by atoms with E-state index < -0.39 is 15.3 Å². The van der Waals surface area contributed by atoms with Crippen LogP contribution < -0.4 is 5.32 Å². The number of nitrogens with zero attached hydrogens (tertiary/aromatic N) is 2. The number of imidazole rings is 1. The zero-order valence-corrected chi connectivity index (χ0v) is 12.5. The predicted octanol–water partition coefficient (Wildman–Crippen LogP) is 1.95. The van der Waals surface area contributed by atoms with E-state index in [1.807, 2.05) is 0 Å². The van der Waals surface area contributed by atoms with E-state index in [9.17, 15) is 13.0 Å². The van der Waals surface area contributed by atoms with Crippen molar-refractivity contribution < 1.29 is 13.0 Å². The fraction of sp³-hybridized carbons (Fsp3) is 0.286. The van der Waals surface area contributed by atoms with Crippen LogP contribution in [0.2, 0.25) is 0 Å². The van der Waals surface area contributed by atoms with Crippen molar-refractivity contribution in [3.8, 4) is 11.4 Å². The van der Waals surface area contributed by atoms with Crippen LogP contribution in [0.25, 0.3) is 11.4 Å². The van der Waals surface area contributed by atoms with E-state index in [0.717, 1.165) is 24.2 Å². The van der Waals surface area contributed by atoms with E-state index in [2.05, 4.69) is 20.3 Å². The van der Waals surface area contributed by atoms with Crippen LogP contribution in [0.5, 0.6) is 0 Å². The number of amidine groups is 1. The number of aliphatic imine (C=N–C) groups is 1. The Kier molecular flexibility index (Phi) is 3.95. The second-order valence-corrected chi connectivity index (χ2v) is 6.54. The third-order valence-corrected chi connectivity index (χ3v) is 4.08. The predicted molar refractivity (Wildman–Crippen MR) is 83.4 cm³/mol. The van der Waals surface area contributed by atoms with Gasteiger partial charge in [-0.2, -0.15) is 8.42 Å². The highest BCUT2D eigenvalue weighted by atomic mass is 32.2. The molecule has 0 radical (unpaired) electrons. The molecule has 3 rings (SSSR count). The first-order valence-electron chi connectivity index (χ1n) is 6.92. The first-order chi connectivity index (χ1) is 10.5. The monoisotopic (exact) mass is 320 g/mol. The molecular formula is C14H16N4O3S. The minimum Gasteiger partial charge on any atom is -0.358 e. The summed E-state index contributed by atoms with van der Waals surface area (Å²) in [7, 11) is -4.36. The third-order valence-electron chi connectivity index (χ3n) is 3.35. The second kappa shape index (κ2) is 5.90. The van der Waals surface area contributed by atoms with Crippen molar-refractivity contribution in [1.29, 1.82) is 0 Å². The van der Waals surface area contributed by atoms with Gasteiger partial charge in [0, 0.05) is 24.5 Å². The van der Waals surface area contributed by atoms with Gasteiger partial charge >= 0.3 is 10.1 Å². The molecule has 1 aliphatic rings. The lowest BCUT2D eigenvalue weighted by Gasteiger charge is -2.06. The summed E-state index contributed by atoms with van der Waals surface area (Å²) in [6.07, 6.45) is 5.52. The van der Waals surface area contributed by atoms with E-state index in [4.69, 9.17) is 0 Å². The molecule has 7 nitrogen and oxygen atoms in total. The molecule has 1 saturated carbocycles. The van der Waals surface area contributed by atoms with Gasteiger partial charge in [-0.25, -0.2) is 9.98 Å². The summed E-state index contributed by atoms with van der Waals surface area (Å²) in [5, 5.41) is 2.29. The molecule has 116 valence electrons. The smallest absolute Gasteiger partial charge is 0.328 e. The molecule has 0 atom stereocenters. The van der Waals surface area contributed by atoms with E-state index in [0.29, 0.717) is 18.2 Å².